The molecule has 0 saturated carbocycles. The predicted octanol–water partition coefficient (Wildman–Crippen LogP) is 36.2. The van der Waals surface area contributed by atoms with Gasteiger partial charge in [0.05, 0.1) is 38.8 Å². The first kappa shape index (κ1) is 80.7. The second kappa shape index (κ2) is 33.1. The van der Waals surface area contributed by atoms with Gasteiger partial charge in [0.1, 0.15) is 0 Å². The molecule has 0 radical (unpaired) electrons. The summed E-state index contributed by atoms with van der Waals surface area (Å²) in [6, 6.07) is 175. The number of pyridine rings is 3. The maximum Gasteiger partial charge on any atom is 0.0701 e. The first-order chi connectivity index (χ1) is 69.9. The van der Waals surface area contributed by atoms with Crippen molar-refractivity contribution >= 4 is 162 Å². The third-order valence-electron chi connectivity index (χ3n) is 29.5. The van der Waals surface area contributed by atoms with Crippen molar-refractivity contribution in [2.45, 2.75) is 0 Å². The van der Waals surface area contributed by atoms with Crippen LogP contribution in [-0.2, 0) is 0 Å². The molecule has 0 atom stereocenters. The highest BCUT2D eigenvalue weighted by molar-refractivity contribution is 6.31. The van der Waals surface area contributed by atoms with E-state index < -0.39 is 0 Å². The van der Waals surface area contributed by atoms with Gasteiger partial charge in [-0.2, -0.15) is 0 Å². The van der Waals surface area contributed by atoms with E-state index in [0.29, 0.717) is 0 Å². The van der Waals surface area contributed by atoms with E-state index in [2.05, 4.69) is 490 Å². The van der Waals surface area contributed by atoms with Gasteiger partial charge in [0.15, 0.2) is 0 Å². The quantitative estimate of drug-likeness (QED) is 0.115. The summed E-state index contributed by atoms with van der Waals surface area (Å²) < 4.78 is 7.20. The lowest BCUT2D eigenvalue weighted by molar-refractivity contribution is 1.18. The molecule has 0 spiro atoms. The van der Waals surface area contributed by atoms with Crippen LogP contribution in [0.2, 0.25) is 0 Å². The third-order valence-corrected chi connectivity index (χ3v) is 29.5. The second-order valence-corrected chi connectivity index (χ2v) is 37.1. The first-order valence-electron chi connectivity index (χ1n) is 48.4. The Balaban J connectivity index is 0.000000104. The van der Waals surface area contributed by atoms with Crippen molar-refractivity contribution in [3.8, 4) is 117 Å². The highest BCUT2D eigenvalue weighted by Gasteiger charge is 2.24. The molecule has 654 valence electrons. The Kier molecular flexibility index (Phi) is 18.9. The summed E-state index contributed by atoms with van der Waals surface area (Å²) in [5.74, 6) is 0. The fourth-order valence-corrected chi connectivity index (χ4v) is 23.1. The van der Waals surface area contributed by atoms with Crippen molar-refractivity contribution in [1.82, 2.24) is 28.7 Å². The number of para-hydroxylation sites is 6. The lowest BCUT2D eigenvalue weighted by Crippen LogP contribution is -1.94. The maximum absolute atomic E-state index is 4.54. The SMILES string of the molecule is c1cc(-c2ccc3ccc4c(-c5ccc(-c6ccncc6)cc5)ccc5ccc2c3c54)cc(-n2c3ccccc3c3ccccc32)c1.c1ccc(-c2ccc(-c3ccc4ccc5c(-c6cccc(-n7c8ccccc8c8ccccc87)c6)ccc6ccc3c4c65)cc2)nc1.c1cncc(-c2ccc(-c3ccc4ccc5c(-c6cccc(-n7c8ccccc8c8ccccc87)c6)ccc6ccc3c4c65)cc2)c1. The summed E-state index contributed by atoms with van der Waals surface area (Å²) in [4.78, 5) is 13.0. The molecule has 0 unspecified atom stereocenters. The van der Waals surface area contributed by atoms with E-state index in [1.54, 1.807) is 0 Å². The monoisotopic (exact) mass is 1790 g/mol. The zero-order valence-electron chi connectivity index (χ0n) is 76.7. The summed E-state index contributed by atoms with van der Waals surface area (Å²) >= 11 is 0. The van der Waals surface area contributed by atoms with Gasteiger partial charge in [-0.05, 0) is 289 Å². The van der Waals surface area contributed by atoms with Crippen molar-refractivity contribution in [2.75, 3.05) is 0 Å². The van der Waals surface area contributed by atoms with Crippen LogP contribution in [0.3, 0.4) is 0 Å². The number of fused-ring (bicyclic) bond motifs is 9. The molecular weight excluding hydrogens is 1710 g/mol. The molecule has 6 heterocycles. The average Bonchev–Trinajstić information content (AvgIpc) is 1.54. The Morgan fingerprint density at radius 3 is 0.688 bits per heavy atom. The summed E-state index contributed by atoms with van der Waals surface area (Å²) in [5.41, 5.74) is 32.5. The van der Waals surface area contributed by atoms with E-state index >= 15 is 0 Å². The average molecular weight is 1790 g/mol. The number of aromatic nitrogens is 6. The van der Waals surface area contributed by atoms with Gasteiger partial charge in [-0.15, -0.1) is 0 Å². The molecule has 24 aromatic carbocycles. The van der Waals surface area contributed by atoms with Crippen LogP contribution in [0.4, 0.5) is 0 Å². The molecule has 0 aliphatic carbocycles. The summed E-state index contributed by atoms with van der Waals surface area (Å²) in [6.45, 7) is 0. The lowest BCUT2D eigenvalue weighted by Gasteiger charge is -2.17. The Hall–Kier alpha value is -18.8. The van der Waals surface area contributed by atoms with E-state index in [4.69, 9.17) is 0 Å². The molecule has 0 fully saturated rings. The molecule has 6 nitrogen and oxygen atoms in total. The molecule has 30 aromatic rings. The smallest absolute Gasteiger partial charge is 0.0701 e. The molecule has 6 aromatic heterocycles. The van der Waals surface area contributed by atoms with Crippen LogP contribution in [0.5, 0.6) is 0 Å². The van der Waals surface area contributed by atoms with Crippen molar-refractivity contribution in [1.29, 1.82) is 0 Å². The molecule has 0 amide bonds. The van der Waals surface area contributed by atoms with Gasteiger partial charge in [0.2, 0.25) is 0 Å². The normalized spacial score (nSPS) is 11.8. The highest BCUT2D eigenvalue weighted by Crippen LogP contribution is 2.50. The van der Waals surface area contributed by atoms with Crippen molar-refractivity contribution in [3.63, 3.8) is 0 Å². The Bertz CT molecular complexity index is 9080. The van der Waals surface area contributed by atoms with Gasteiger partial charge >= 0.3 is 0 Å². The van der Waals surface area contributed by atoms with Crippen LogP contribution in [-0.4, -0.2) is 28.7 Å². The van der Waals surface area contributed by atoms with Gasteiger partial charge < -0.3 is 13.7 Å². The van der Waals surface area contributed by atoms with Crippen LogP contribution < -0.4 is 0 Å². The lowest BCUT2D eigenvalue weighted by atomic mass is 9.87. The van der Waals surface area contributed by atoms with Crippen LogP contribution in [0, 0.1) is 0 Å². The number of hydrogen-bond donors (Lipinski definition) is 0. The molecule has 0 saturated heterocycles. The molecule has 0 bridgehead atoms. The number of nitrogens with zero attached hydrogens (tertiary/aromatic N) is 6. The molecule has 6 heteroatoms. The minimum atomic E-state index is 0.990. The molecule has 0 aliphatic rings. The minimum Gasteiger partial charge on any atom is -0.309 e. The second-order valence-electron chi connectivity index (χ2n) is 37.1. The Morgan fingerprint density at radius 1 is 0.142 bits per heavy atom. The standard InChI is InChI=1S/3C45H28N2/c1-3-12-42-38(10-1)39-11-2-4-13-43(39)47(42)35-9-5-7-33(27-35)37-23-19-32-20-24-40-36(22-18-31-21-25-41(37)45(32)44(31)40)30-16-14-29(15-17-30)34-8-6-26-46-28-34;1-3-13-42-37(10-1)38-11-2-4-14-43(38)47(42)34-9-7-8-33(28-34)36-24-20-32-21-25-39-35(23-19-31-22-26-40(36)45(32)44(31)39)29-15-17-30(18-16-29)41-12-5-6-27-46-41;1-3-10-42-38(8-1)39-9-2-4-11-43(39)47(42)35-7-5-6-34(28-35)37-21-17-33-18-22-40-36(20-16-32-19-23-41(37)45(33)44(32)40)31-14-12-29(13-15-31)30-24-26-46-27-25-30/h3*1-28H. The minimum absolute atomic E-state index is 0.990. The van der Waals surface area contributed by atoms with E-state index in [-0.39, 0.29) is 0 Å². The van der Waals surface area contributed by atoms with E-state index in [0.717, 1.165) is 16.8 Å². The molecule has 30 rings (SSSR count). The Morgan fingerprint density at radius 2 is 0.397 bits per heavy atom. The van der Waals surface area contributed by atoms with Gasteiger partial charge in [-0.3, -0.25) is 15.0 Å². The predicted molar refractivity (Wildman–Crippen MR) is 596 cm³/mol. The number of rotatable bonds is 12. The van der Waals surface area contributed by atoms with E-state index in [9.17, 15) is 0 Å². The topological polar surface area (TPSA) is 53.5 Å². The number of benzene rings is 24. The van der Waals surface area contributed by atoms with E-state index in [1.165, 1.54) is 263 Å². The maximum atomic E-state index is 4.54. The summed E-state index contributed by atoms with van der Waals surface area (Å²) in [6.07, 6.45) is 9.27. The Labute approximate surface area is 812 Å². The van der Waals surface area contributed by atoms with Crippen molar-refractivity contribution in [2.24, 2.45) is 0 Å². The molecular formula is C135H84N6. The van der Waals surface area contributed by atoms with Crippen LogP contribution in [0.1, 0.15) is 0 Å². The van der Waals surface area contributed by atoms with Gasteiger partial charge in [0.25, 0.3) is 0 Å². The van der Waals surface area contributed by atoms with Crippen LogP contribution in [0.25, 0.3) is 280 Å². The summed E-state index contributed by atoms with van der Waals surface area (Å²) in [7, 11) is 0. The first-order valence-corrected chi connectivity index (χ1v) is 48.4. The van der Waals surface area contributed by atoms with Crippen molar-refractivity contribution < 1.29 is 0 Å². The third kappa shape index (κ3) is 13.4. The van der Waals surface area contributed by atoms with Gasteiger partial charge in [0, 0.05) is 85.9 Å². The van der Waals surface area contributed by atoms with Gasteiger partial charge in [-0.1, -0.05) is 376 Å². The molecule has 0 N–H and O–H groups in total. The van der Waals surface area contributed by atoms with Crippen LogP contribution >= 0.6 is 0 Å². The van der Waals surface area contributed by atoms with E-state index in [1.807, 2.05) is 49.2 Å². The molecule has 0 aliphatic heterocycles. The number of hydrogen-bond acceptors (Lipinski definition) is 3. The highest BCUT2D eigenvalue weighted by atomic mass is 15.0. The zero-order valence-corrected chi connectivity index (χ0v) is 76.7. The largest absolute Gasteiger partial charge is 0.309 e. The zero-order chi connectivity index (χ0) is 92.7. The van der Waals surface area contributed by atoms with Crippen LogP contribution in [0.15, 0.2) is 510 Å². The van der Waals surface area contributed by atoms with Gasteiger partial charge in [-0.25, -0.2) is 0 Å². The fourth-order valence-electron chi connectivity index (χ4n) is 23.1. The van der Waals surface area contributed by atoms with Crippen molar-refractivity contribution in [3.05, 3.63) is 510 Å². The fraction of sp³-hybridized carbons (Fsp3) is 0. The molecule has 141 heavy (non-hydrogen) atoms. The summed E-state index contributed by atoms with van der Waals surface area (Å²) in [5, 5.41) is 30.9.